The maximum atomic E-state index is 12.2. The van der Waals surface area contributed by atoms with E-state index in [0.29, 0.717) is 11.4 Å². The van der Waals surface area contributed by atoms with E-state index in [-0.39, 0.29) is 5.91 Å². The molecule has 0 saturated heterocycles. The van der Waals surface area contributed by atoms with Crippen LogP contribution in [-0.4, -0.2) is 42.6 Å². The van der Waals surface area contributed by atoms with Gasteiger partial charge in [-0.1, -0.05) is 23.7 Å². The van der Waals surface area contributed by atoms with E-state index in [1.807, 2.05) is 12.1 Å². The summed E-state index contributed by atoms with van der Waals surface area (Å²) < 4.78 is 5.32. The highest BCUT2D eigenvalue weighted by atomic mass is 35.5. The Morgan fingerprint density at radius 3 is 2.27 bits per heavy atom. The van der Waals surface area contributed by atoms with Gasteiger partial charge < -0.3 is 10.1 Å². The Morgan fingerprint density at radius 1 is 1.27 bits per heavy atom. The Morgan fingerprint density at radius 2 is 1.82 bits per heavy atom. The van der Waals surface area contributed by atoms with E-state index in [1.54, 1.807) is 47.0 Å². The fourth-order valence-corrected chi connectivity index (χ4v) is 2.00. The molecular weight excluding hydrogens is 304 g/mol. The van der Waals surface area contributed by atoms with Crippen LogP contribution in [0.2, 0.25) is 5.02 Å². The molecule has 122 valence electrons. The highest BCUT2D eigenvalue weighted by Crippen LogP contribution is 2.15. The summed E-state index contributed by atoms with van der Waals surface area (Å²) in [6, 6.07) is 6.53. The quantitative estimate of drug-likeness (QED) is 0.925. The Hall–Kier alpha value is -1.75. The number of hydrogen-bond acceptors (Lipinski definition) is 3. The summed E-state index contributed by atoms with van der Waals surface area (Å²) in [5.41, 5.74) is 0.298. The summed E-state index contributed by atoms with van der Waals surface area (Å²) in [7, 11) is 3.10. The maximum absolute atomic E-state index is 12.2. The van der Waals surface area contributed by atoms with Crippen molar-refractivity contribution in [1.82, 2.24) is 10.2 Å². The van der Waals surface area contributed by atoms with Crippen molar-refractivity contribution >= 4 is 23.6 Å². The van der Waals surface area contributed by atoms with Crippen molar-refractivity contribution in [3.63, 3.8) is 0 Å². The second-order valence-corrected chi connectivity index (χ2v) is 6.49. The van der Waals surface area contributed by atoms with Crippen molar-refractivity contribution in [3.8, 4) is 0 Å². The molecular formula is C16H23ClN2O3. The molecule has 0 aromatic heterocycles. The van der Waals surface area contributed by atoms with Gasteiger partial charge in [0, 0.05) is 25.5 Å². The molecule has 1 aromatic rings. The molecule has 22 heavy (non-hydrogen) atoms. The molecule has 1 aromatic carbocycles. The van der Waals surface area contributed by atoms with Crippen LogP contribution in [0.4, 0.5) is 4.79 Å². The zero-order chi connectivity index (χ0) is 16.9. The van der Waals surface area contributed by atoms with Gasteiger partial charge in [-0.15, -0.1) is 0 Å². The van der Waals surface area contributed by atoms with Crippen LogP contribution in [0, 0.1) is 0 Å². The highest BCUT2D eigenvalue weighted by Gasteiger charge is 2.29. The number of benzene rings is 1. The lowest BCUT2D eigenvalue weighted by Crippen LogP contribution is -2.49. The number of ether oxygens (including phenoxy) is 1. The minimum atomic E-state index is -0.652. The van der Waals surface area contributed by atoms with Crippen molar-refractivity contribution in [2.24, 2.45) is 0 Å². The van der Waals surface area contributed by atoms with Crippen LogP contribution in [0.15, 0.2) is 24.3 Å². The van der Waals surface area contributed by atoms with Crippen molar-refractivity contribution in [2.45, 2.75) is 38.8 Å². The van der Waals surface area contributed by atoms with Gasteiger partial charge in [0.1, 0.15) is 11.6 Å². The average Bonchev–Trinajstić information content (AvgIpc) is 2.43. The molecule has 0 aliphatic rings. The first kappa shape index (κ1) is 18.3. The van der Waals surface area contributed by atoms with Crippen LogP contribution in [0.3, 0.4) is 0 Å². The molecule has 0 unspecified atom stereocenters. The molecule has 0 aliphatic heterocycles. The molecule has 0 aliphatic carbocycles. The fraction of sp³-hybridized carbons (Fsp3) is 0.500. The number of nitrogens with one attached hydrogen (secondary N) is 1. The number of likely N-dealkylation sites (N-methyl/N-ethyl adjacent to an activating group) is 2. The third-order valence-corrected chi connectivity index (χ3v) is 3.29. The minimum absolute atomic E-state index is 0.247. The fourth-order valence-electron chi connectivity index (χ4n) is 1.88. The Bertz CT molecular complexity index is 523. The summed E-state index contributed by atoms with van der Waals surface area (Å²) in [5, 5.41) is 3.21. The molecule has 0 radical (unpaired) electrons. The van der Waals surface area contributed by atoms with Gasteiger partial charge in [-0.05, 0) is 38.5 Å². The van der Waals surface area contributed by atoms with Crippen molar-refractivity contribution < 1.29 is 14.3 Å². The SMILES string of the molecule is CNC(=O)[C@@H](Cc1ccc(Cl)cc1)N(C)C(=O)OC(C)(C)C. The van der Waals surface area contributed by atoms with Crippen LogP contribution >= 0.6 is 11.6 Å². The standard InChI is InChI=1S/C16H23ClN2O3/c1-16(2,3)22-15(21)19(5)13(14(20)18-4)10-11-6-8-12(17)9-7-11/h6-9,13H,10H2,1-5H3,(H,18,20)/t13-/m1/s1. The van der Waals surface area contributed by atoms with Gasteiger partial charge in [0.25, 0.3) is 0 Å². The molecule has 0 heterocycles. The number of hydrogen-bond donors (Lipinski definition) is 1. The highest BCUT2D eigenvalue weighted by molar-refractivity contribution is 6.30. The maximum Gasteiger partial charge on any atom is 0.410 e. The first-order valence-electron chi connectivity index (χ1n) is 7.06. The zero-order valence-corrected chi connectivity index (χ0v) is 14.4. The first-order valence-corrected chi connectivity index (χ1v) is 7.43. The molecule has 0 fully saturated rings. The molecule has 6 heteroatoms. The van der Waals surface area contributed by atoms with Gasteiger partial charge in [-0.3, -0.25) is 9.69 Å². The van der Waals surface area contributed by atoms with Gasteiger partial charge in [-0.2, -0.15) is 0 Å². The summed E-state index contributed by atoms with van der Waals surface area (Å²) in [4.78, 5) is 25.6. The van der Waals surface area contributed by atoms with E-state index >= 15 is 0 Å². The Labute approximate surface area is 136 Å². The van der Waals surface area contributed by atoms with E-state index in [9.17, 15) is 9.59 Å². The molecule has 1 atom stereocenters. The van der Waals surface area contributed by atoms with Crippen LogP contribution in [0.1, 0.15) is 26.3 Å². The van der Waals surface area contributed by atoms with Gasteiger partial charge in [-0.25, -0.2) is 4.79 Å². The number of nitrogens with zero attached hydrogens (tertiary/aromatic N) is 1. The van der Waals surface area contributed by atoms with Gasteiger partial charge in [0.15, 0.2) is 0 Å². The van der Waals surface area contributed by atoms with Gasteiger partial charge in [0.2, 0.25) is 5.91 Å². The van der Waals surface area contributed by atoms with E-state index < -0.39 is 17.7 Å². The zero-order valence-electron chi connectivity index (χ0n) is 13.6. The smallest absolute Gasteiger partial charge is 0.410 e. The van der Waals surface area contributed by atoms with E-state index in [0.717, 1.165) is 5.56 Å². The normalized spacial score (nSPS) is 12.5. The lowest BCUT2D eigenvalue weighted by molar-refractivity contribution is -0.125. The van der Waals surface area contributed by atoms with Crippen LogP contribution in [0.5, 0.6) is 0 Å². The Kier molecular flexibility index (Phi) is 6.23. The Balaban J connectivity index is 2.90. The van der Waals surface area contributed by atoms with Crippen molar-refractivity contribution in [3.05, 3.63) is 34.9 Å². The van der Waals surface area contributed by atoms with Crippen LogP contribution < -0.4 is 5.32 Å². The first-order chi connectivity index (χ1) is 10.1. The van der Waals surface area contributed by atoms with Crippen molar-refractivity contribution in [2.75, 3.05) is 14.1 Å². The average molecular weight is 327 g/mol. The third-order valence-electron chi connectivity index (χ3n) is 3.04. The number of halogens is 1. The lowest BCUT2D eigenvalue weighted by Gasteiger charge is -2.29. The topological polar surface area (TPSA) is 58.6 Å². The number of carbonyl (C=O) groups excluding carboxylic acids is 2. The summed E-state index contributed by atoms with van der Waals surface area (Å²) in [6.07, 6.45) is -0.151. The molecule has 1 rings (SSSR count). The number of carbonyl (C=O) groups is 2. The van der Waals surface area contributed by atoms with E-state index in [4.69, 9.17) is 16.3 Å². The van der Waals surface area contributed by atoms with Crippen LogP contribution in [0.25, 0.3) is 0 Å². The molecule has 0 bridgehead atoms. The summed E-state index contributed by atoms with van der Waals surface area (Å²) in [6.45, 7) is 5.35. The predicted octanol–water partition coefficient (Wildman–Crippen LogP) is 2.86. The molecule has 1 N–H and O–H groups in total. The summed E-state index contributed by atoms with van der Waals surface area (Å²) in [5.74, 6) is -0.247. The molecule has 5 nitrogen and oxygen atoms in total. The van der Waals surface area contributed by atoms with Crippen LogP contribution in [-0.2, 0) is 16.0 Å². The minimum Gasteiger partial charge on any atom is -0.444 e. The van der Waals surface area contributed by atoms with Crippen molar-refractivity contribution in [1.29, 1.82) is 0 Å². The largest absolute Gasteiger partial charge is 0.444 e. The second kappa shape index (κ2) is 7.49. The summed E-state index contributed by atoms with van der Waals surface area (Å²) >= 11 is 5.86. The molecule has 2 amide bonds. The second-order valence-electron chi connectivity index (χ2n) is 6.05. The predicted molar refractivity (Wildman–Crippen MR) is 87.0 cm³/mol. The van der Waals surface area contributed by atoms with E-state index in [2.05, 4.69) is 5.32 Å². The molecule has 0 saturated carbocycles. The number of amides is 2. The van der Waals surface area contributed by atoms with Gasteiger partial charge in [0.05, 0.1) is 0 Å². The lowest BCUT2D eigenvalue weighted by atomic mass is 10.0. The van der Waals surface area contributed by atoms with Gasteiger partial charge >= 0.3 is 6.09 Å². The monoisotopic (exact) mass is 326 g/mol. The number of rotatable bonds is 4. The van der Waals surface area contributed by atoms with E-state index in [1.165, 1.54) is 4.90 Å². The third kappa shape index (κ3) is 5.56. The molecule has 0 spiro atoms.